The van der Waals surface area contributed by atoms with E-state index in [0.717, 1.165) is 17.7 Å². The molecular weight excluding hydrogens is 344 g/mol. The Morgan fingerprint density at radius 3 is 2.70 bits per heavy atom. The number of aromatic nitrogens is 1. The van der Waals surface area contributed by atoms with Crippen molar-refractivity contribution in [2.45, 2.75) is 25.9 Å². The summed E-state index contributed by atoms with van der Waals surface area (Å²) in [5, 5.41) is 3.11. The fourth-order valence-electron chi connectivity index (χ4n) is 2.53. The summed E-state index contributed by atoms with van der Waals surface area (Å²) in [5.74, 6) is 3.10. The molecule has 7 nitrogen and oxygen atoms in total. The largest absolute Gasteiger partial charge is 0.493 e. The second-order valence-corrected chi connectivity index (χ2v) is 6.50. The number of rotatable bonds is 9. The van der Waals surface area contributed by atoms with Crippen molar-refractivity contribution >= 4 is 5.96 Å². The summed E-state index contributed by atoms with van der Waals surface area (Å²) in [6.45, 7) is 1.76. The van der Waals surface area contributed by atoms with Gasteiger partial charge in [0.2, 0.25) is 5.88 Å². The van der Waals surface area contributed by atoms with Gasteiger partial charge in [-0.15, -0.1) is 0 Å². The summed E-state index contributed by atoms with van der Waals surface area (Å²) in [4.78, 5) is 8.61. The number of nitrogens with one attached hydrogen (secondary N) is 1. The Bertz CT molecular complexity index is 791. The molecule has 7 heteroatoms. The minimum atomic E-state index is 0.377. The molecule has 0 amide bonds. The van der Waals surface area contributed by atoms with E-state index in [1.807, 2.05) is 30.3 Å². The minimum Gasteiger partial charge on any atom is -0.493 e. The van der Waals surface area contributed by atoms with Crippen LogP contribution in [0.25, 0.3) is 0 Å². The predicted octanol–water partition coefficient (Wildman–Crippen LogP) is 2.49. The first-order valence-electron chi connectivity index (χ1n) is 9.00. The highest BCUT2D eigenvalue weighted by molar-refractivity contribution is 5.77. The van der Waals surface area contributed by atoms with Crippen molar-refractivity contribution in [3.63, 3.8) is 0 Å². The smallest absolute Gasteiger partial charge is 0.213 e. The molecule has 1 saturated carbocycles. The molecule has 1 aliphatic rings. The number of pyridine rings is 1. The van der Waals surface area contributed by atoms with Gasteiger partial charge >= 0.3 is 0 Å². The van der Waals surface area contributed by atoms with Gasteiger partial charge in [-0.3, -0.25) is 0 Å². The van der Waals surface area contributed by atoms with E-state index in [1.165, 1.54) is 12.8 Å². The van der Waals surface area contributed by atoms with E-state index in [1.54, 1.807) is 20.4 Å². The molecule has 0 aliphatic heterocycles. The number of nitrogens with two attached hydrogens (primary N) is 1. The molecule has 3 N–H and O–H groups in total. The van der Waals surface area contributed by atoms with Crippen molar-refractivity contribution < 1.29 is 14.2 Å². The van der Waals surface area contributed by atoms with Gasteiger partial charge in [-0.1, -0.05) is 6.07 Å². The van der Waals surface area contributed by atoms with E-state index < -0.39 is 0 Å². The SMILES string of the molecule is COc1ccc(CN=C(N)NCc2ccnc(OCC3CC3)c2)cc1OC. The van der Waals surface area contributed by atoms with E-state index in [0.29, 0.717) is 42.3 Å². The standard InChI is InChI=1S/C20H26N4O3/c1-25-17-6-5-15(9-18(17)26-2)11-23-20(21)24-12-16-7-8-22-19(10-16)27-13-14-3-4-14/h5-10,14H,3-4,11-13H2,1-2H3,(H3,21,23,24). The number of ether oxygens (including phenoxy) is 3. The third kappa shape index (κ3) is 5.77. The van der Waals surface area contributed by atoms with Gasteiger partial charge in [0.1, 0.15) is 0 Å². The molecule has 2 aromatic rings. The second-order valence-electron chi connectivity index (χ2n) is 6.50. The first-order valence-corrected chi connectivity index (χ1v) is 9.00. The van der Waals surface area contributed by atoms with Crippen LogP contribution in [0.2, 0.25) is 0 Å². The van der Waals surface area contributed by atoms with Crippen LogP contribution in [0.15, 0.2) is 41.5 Å². The molecule has 144 valence electrons. The lowest BCUT2D eigenvalue weighted by Crippen LogP contribution is -2.31. The maximum Gasteiger partial charge on any atom is 0.213 e. The quantitative estimate of drug-likeness (QED) is 0.521. The molecule has 0 atom stereocenters. The summed E-state index contributed by atoms with van der Waals surface area (Å²) in [6, 6.07) is 9.54. The molecule has 1 aromatic carbocycles. The van der Waals surface area contributed by atoms with Crippen LogP contribution in [-0.2, 0) is 13.1 Å². The van der Waals surface area contributed by atoms with E-state index in [-0.39, 0.29) is 0 Å². The summed E-state index contributed by atoms with van der Waals surface area (Å²) in [7, 11) is 3.22. The van der Waals surface area contributed by atoms with Gasteiger partial charge < -0.3 is 25.3 Å². The summed E-state index contributed by atoms with van der Waals surface area (Å²) in [6.07, 6.45) is 4.26. The average Bonchev–Trinajstić information content (AvgIpc) is 3.53. The highest BCUT2D eigenvalue weighted by Crippen LogP contribution is 2.29. The Morgan fingerprint density at radius 1 is 1.15 bits per heavy atom. The van der Waals surface area contributed by atoms with Crippen molar-refractivity contribution in [1.29, 1.82) is 0 Å². The summed E-state index contributed by atoms with van der Waals surface area (Å²) < 4.78 is 16.2. The van der Waals surface area contributed by atoms with Crippen molar-refractivity contribution in [2.75, 3.05) is 20.8 Å². The molecule has 0 saturated heterocycles. The zero-order valence-corrected chi connectivity index (χ0v) is 15.8. The molecule has 3 rings (SSSR count). The molecule has 0 radical (unpaired) electrons. The molecule has 1 aliphatic carbocycles. The zero-order chi connectivity index (χ0) is 19.1. The number of benzene rings is 1. The van der Waals surface area contributed by atoms with E-state index in [4.69, 9.17) is 19.9 Å². The van der Waals surface area contributed by atoms with Gasteiger partial charge in [0, 0.05) is 18.8 Å². The molecule has 1 heterocycles. The Morgan fingerprint density at radius 2 is 1.96 bits per heavy atom. The van der Waals surface area contributed by atoms with E-state index in [2.05, 4.69) is 15.3 Å². The van der Waals surface area contributed by atoms with Crippen molar-refractivity contribution in [2.24, 2.45) is 16.6 Å². The van der Waals surface area contributed by atoms with Crippen LogP contribution in [0.4, 0.5) is 0 Å². The topological polar surface area (TPSA) is 91.0 Å². The Hall–Kier alpha value is -2.96. The third-order valence-corrected chi connectivity index (χ3v) is 4.32. The molecule has 1 fully saturated rings. The molecule has 0 unspecified atom stereocenters. The molecule has 0 bridgehead atoms. The predicted molar refractivity (Wildman–Crippen MR) is 104 cm³/mol. The van der Waals surface area contributed by atoms with Crippen molar-refractivity contribution in [3.05, 3.63) is 47.7 Å². The lowest BCUT2D eigenvalue weighted by Gasteiger charge is -2.10. The Balaban J connectivity index is 1.51. The molecular formula is C20H26N4O3. The van der Waals surface area contributed by atoms with Gasteiger partial charge in [-0.05, 0) is 48.1 Å². The van der Waals surface area contributed by atoms with Crippen LogP contribution in [0.3, 0.4) is 0 Å². The fourth-order valence-corrected chi connectivity index (χ4v) is 2.53. The van der Waals surface area contributed by atoms with Gasteiger partial charge in [-0.2, -0.15) is 0 Å². The van der Waals surface area contributed by atoms with E-state index >= 15 is 0 Å². The maximum absolute atomic E-state index is 5.98. The van der Waals surface area contributed by atoms with Crippen LogP contribution in [0.5, 0.6) is 17.4 Å². The first kappa shape index (κ1) is 18.8. The highest BCUT2D eigenvalue weighted by Gasteiger charge is 2.22. The fraction of sp³-hybridized carbons (Fsp3) is 0.400. The van der Waals surface area contributed by atoms with Gasteiger partial charge in [0.15, 0.2) is 17.5 Å². The number of hydrogen-bond donors (Lipinski definition) is 2. The zero-order valence-electron chi connectivity index (χ0n) is 15.8. The number of methoxy groups -OCH3 is 2. The van der Waals surface area contributed by atoms with Crippen LogP contribution in [0, 0.1) is 5.92 Å². The number of guanidine groups is 1. The molecule has 0 spiro atoms. The third-order valence-electron chi connectivity index (χ3n) is 4.32. The lowest BCUT2D eigenvalue weighted by atomic mass is 10.2. The molecule has 1 aromatic heterocycles. The minimum absolute atomic E-state index is 0.377. The molecule has 27 heavy (non-hydrogen) atoms. The lowest BCUT2D eigenvalue weighted by molar-refractivity contribution is 0.288. The monoisotopic (exact) mass is 370 g/mol. The van der Waals surface area contributed by atoms with Crippen molar-refractivity contribution in [1.82, 2.24) is 10.3 Å². The number of hydrogen-bond acceptors (Lipinski definition) is 5. The maximum atomic E-state index is 5.98. The second kappa shape index (κ2) is 9.12. The number of nitrogens with zero attached hydrogens (tertiary/aromatic N) is 2. The number of aliphatic imine (C=N–C) groups is 1. The first-order chi connectivity index (χ1) is 13.2. The summed E-state index contributed by atoms with van der Waals surface area (Å²) in [5.41, 5.74) is 8.00. The van der Waals surface area contributed by atoms with Crippen LogP contribution in [0.1, 0.15) is 24.0 Å². The van der Waals surface area contributed by atoms with Gasteiger partial charge in [-0.25, -0.2) is 9.98 Å². The normalized spacial score (nSPS) is 13.9. The average molecular weight is 370 g/mol. The van der Waals surface area contributed by atoms with E-state index in [9.17, 15) is 0 Å². The van der Waals surface area contributed by atoms with Crippen LogP contribution in [-0.4, -0.2) is 31.8 Å². The van der Waals surface area contributed by atoms with Gasteiger partial charge in [0.25, 0.3) is 0 Å². The Labute approximate surface area is 159 Å². The van der Waals surface area contributed by atoms with Crippen molar-refractivity contribution in [3.8, 4) is 17.4 Å². The van der Waals surface area contributed by atoms with Crippen LogP contribution < -0.4 is 25.3 Å². The van der Waals surface area contributed by atoms with Crippen LogP contribution >= 0.6 is 0 Å². The van der Waals surface area contributed by atoms with Gasteiger partial charge in [0.05, 0.1) is 27.4 Å². The summed E-state index contributed by atoms with van der Waals surface area (Å²) >= 11 is 0. The Kier molecular flexibility index (Phi) is 6.35. The highest BCUT2D eigenvalue weighted by atomic mass is 16.5.